The van der Waals surface area contributed by atoms with Gasteiger partial charge < -0.3 is 4.42 Å². The molecule has 2 nitrogen and oxygen atoms in total. The van der Waals surface area contributed by atoms with Crippen LogP contribution in [0.25, 0.3) is 11.0 Å². The number of aryl methyl sites for hydroxylation is 1. The van der Waals surface area contributed by atoms with Crippen molar-refractivity contribution >= 4 is 19.0 Å². The van der Waals surface area contributed by atoms with Gasteiger partial charge in [0.05, 0.1) is 5.39 Å². The minimum absolute atomic E-state index is 0.0277. The van der Waals surface area contributed by atoms with Crippen molar-refractivity contribution < 1.29 is 4.42 Å². The smallest absolute Gasteiger partial charge is 0.208 e. The van der Waals surface area contributed by atoms with Gasteiger partial charge in [-0.15, -0.1) is 5.54 Å². The standard InChI is InChI=1S/C15H16O2Si/c1-11-12(9-10-18(2,3)4)15(16)13-7-5-6-8-14(13)17-11/h5-8H,1-4H3. The van der Waals surface area contributed by atoms with E-state index < -0.39 is 8.07 Å². The highest BCUT2D eigenvalue weighted by Gasteiger charge is 2.11. The molecule has 1 aromatic heterocycles. The molecule has 0 aliphatic rings. The second kappa shape index (κ2) is 4.47. The molecule has 0 saturated heterocycles. The van der Waals surface area contributed by atoms with Crippen molar-refractivity contribution in [2.24, 2.45) is 0 Å². The Morgan fingerprint density at radius 3 is 2.50 bits per heavy atom. The molecule has 0 aliphatic carbocycles. The number of hydrogen-bond donors (Lipinski definition) is 0. The summed E-state index contributed by atoms with van der Waals surface area (Å²) in [6, 6.07) is 7.28. The van der Waals surface area contributed by atoms with Crippen LogP contribution in [0, 0.1) is 18.4 Å². The van der Waals surface area contributed by atoms with Crippen LogP contribution in [0.4, 0.5) is 0 Å². The molecular weight excluding hydrogens is 240 g/mol. The summed E-state index contributed by atoms with van der Waals surface area (Å²) in [6.45, 7) is 8.25. The fraction of sp³-hybridized carbons (Fsp3) is 0.267. The van der Waals surface area contributed by atoms with Crippen molar-refractivity contribution in [1.29, 1.82) is 0 Å². The lowest BCUT2D eigenvalue weighted by molar-refractivity contribution is 0.562. The van der Waals surface area contributed by atoms with Crippen LogP contribution in [0.1, 0.15) is 11.3 Å². The predicted octanol–water partition coefficient (Wildman–Crippen LogP) is 3.33. The van der Waals surface area contributed by atoms with Gasteiger partial charge in [0, 0.05) is 0 Å². The Labute approximate surface area is 108 Å². The zero-order valence-electron chi connectivity index (χ0n) is 11.1. The second-order valence-corrected chi connectivity index (χ2v) is 10.1. The lowest BCUT2D eigenvalue weighted by atomic mass is 10.1. The van der Waals surface area contributed by atoms with E-state index in [1.165, 1.54) is 0 Å². The van der Waals surface area contributed by atoms with Crippen molar-refractivity contribution in [2.75, 3.05) is 0 Å². The highest BCUT2D eigenvalue weighted by Crippen LogP contribution is 2.14. The van der Waals surface area contributed by atoms with E-state index in [0.717, 1.165) is 0 Å². The van der Waals surface area contributed by atoms with Gasteiger partial charge in [-0.3, -0.25) is 4.79 Å². The van der Waals surface area contributed by atoms with Crippen LogP contribution in [0.3, 0.4) is 0 Å². The maximum atomic E-state index is 12.3. The molecule has 0 atom stereocenters. The molecule has 2 rings (SSSR count). The third-order valence-corrected chi connectivity index (χ3v) is 3.41. The molecule has 0 fully saturated rings. The second-order valence-electron chi connectivity index (χ2n) is 5.36. The number of fused-ring (bicyclic) bond motifs is 1. The molecule has 0 saturated carbocycles. The van der Waals surface area contributed by atoms with E-state index in [9.17, 15) is 4.79 Å². The molecule has 3 heteroatoms. The van der Waals surface area contributed by atoms with Crippen molar-refractivity contribution in [3.8, 4) is 11.5 Å². The minimum Gasteiger partial charge on any atom is -0.460 e. The number of para-hydroxylation sites is 1. The largest absolute Gasteiger partial charge is 0.460 e. The summed E-state index contributed by atoms with van der Waals surface area (Å²) in [6.07, 6.45) is 0. The van der Waals surface area contributed by atoms with Crippen molar-refractivity contribution in [2.45, 2.75) is 26.6 Å². The summed E-state index contributed by atoms with van der Waals surface area (Å²) in [7, 11) is -1.50. The van der Waals surface area contributed by atoms with Gasteiger partial charge in [0.2, 0.25) is 5.43 Å². The average Bonchev–Trinajstić information content (AvgIpc) is 2.27. The predicted molar refractivity (Wildman–Crippen MR) is 77.4 cm³/mol. The molecule has 0 N–H and O–H groups in total. The third kappa shape index (κ3) is 2.54. The van der Waals surface area contributed by atoms with Gasteiger partial charge in [-0.1, -0.05) is 37.7 Å². The zero-order valence-corrected chi connectivity index (χ0v) is 12.1. The van der Waals surface area contributed by atoms with Gasteiger partial charge in [-0.2, -0.15) is 0 Å². The zero-order chi connectivity index (χ0) is 13.3. The molecule has 0 aliphatic heterocycles. The average molecular weight is 256 g/mol. The molecule has 0 spiro atoms. The maximum absolute atomic E-state index is 12.3. The van der Waals surface area contributed by atoms with E-state index >= 15 is 0 Å². The van der Waals surface area contributed by atoms with E-state index in [1.807, 2.05) is 12.1 Å². The van der Waals surface area contributed by atoms with E-state index in [-0.39, 0.29) is 5.43 Å². The van der Waals surface area contributed by atoms with Gasteiger partial charge in [-0.05, 0) is 19.1 Å². The Bertz CT molecular complexity index is 709. The minimum atomic E-state index is -1.50. The van der Waals surface area contributed by atoms with E-state index in [2.05, 4.69) is 31.1 Å². The summed E-state index contributed by atoms with van der Waals surface area (Å²) in [5.74, 6) is 3.62. The van der Waals surface area contributed by atoms with Crippen molar-refractivity contribution in [1.82, 2.24) is 0 Å². The fourth-order valence-corrected chi connectivity index (χ4v) is 2.15. The third-order valence-electron chi connectivity index (χ3n) is 2.54. The molecule has 0 radical (unpaired) electrons. The quantitative estimate of drug-likeness (QED) is 0.534. The topological polar surface area (TPSA) is 30.2 Å². The lowest BCUT2D eigenvalue weighted by Crippen LogP contribution is -2.17. The molecule has 1 aromatic carbocycles. The first-order valence-electron chi connectivity index (χ1n) is 5.94. The lowest BCUT2D eigenvalue weighted by Gasteiger charge is -2.04. The first kappa shape index (κ1) is 12.7. The van der Waals surface area contributed by atoms with Gasteiger partial charge in [0.25, 0.3) is 0 Å². The molecule has 0 bridgehead atoms. The van der Waals surface area contributed by atoms with Gasteiger partial charge in [-0.25, -0.2) is 0 Å². The Morgan fingerprint density at radius 2 is 1.83 bits per heavy atom. The first-order valence-corrected chi connectivity index (χ1v) is 9.44. The van der Waals surface area contributed by atoms with Gasteiger partial charge in [0.1, 0.15) is 25.0 Å². The molecule has 92 valence electrons. The van der Waals surface area contributed by atoms with Crippen LogP contribution in [0.15, 0.2) is 33.5 Å². The van der Waals surface area contributed by atoms with Gasteiger partial charge in [0.15, 0.2) is 0 Å². The Morgan fingerprint density at radius 1 is 1.17 bits per heavy atom. The summed E-state index contributed by atoms with van der Waals surface area (Å²) < 4.78 is 5.65. The monoisotopic (exact) mass is 256 g/mol. The van der Waals surface area contributed by atoms with Crippen LogP contribution in [0.2, 0.25) is 19.6 Å². The molecular formula is C15H16O2Si. The molecule has 2 aromatic rings. The maximum Gasteiger partial charge on any atom is 0.208 e. The van der Waals surface area contributed by atoms with Crippen LogP contribution >= 0.6 is 0 Å². The highest BCUT2D eigenvalue weighted by molar-refractivity contribution is 6.83. The fourth-order valence-electron chi connectivity index (χ4n) is 1.65. The van der Waals surface area contributed by atoms with Crippen LogP contribution < -0.4 is 5.43 Å². The number of rotatable bonds is 0. The van der Waals surface area contributed by atoms with E-state index in [4.69, 9.17) is 4.42 Å². The normalized spacial score (nSPS) is 11.1. The molecule has 0 unspecified atom stereocenters. The van der Waals surface area contributed by atoms with Crippen molar-refractivity contribution in [3.05, 3.63) is 45.8 Å². The first-order chi connectivity index (χ1) is 8.38. The Hall–Kier alpha value is -1.79. The van der Waals surface area contributed by atoms with E-state index in [0.29, 0.717) is 22.3 Å². The Kier molecular flexibility index (Phi) is 3.14. The van der Waals surface area contributed by atoms with Crippen LogP contribution in [0.5, 0.6) is 0 Å². The van der Waals surface area contributed by atoms with Crippen LogP contribution in [-0.4, -0.2) is 8.07 Å². The number of hydrogen-bond acceptors (Lipinski definition) is 2. The molecule has 0 amide bonds. The Balaban J connectivity index is 2.72. The summed E-state index contributed by atoms with van der Waals surface area (Å²) in [4.78, 5) is 12.3. The SMILES string of the molecule is Cc1oc2ccccc2c(=O)c1C#C[Si](C)(C)C. The van der Waals surface area contributed by atoms with Gasteiger partial charge >= 0.3 is 0 Å². The summed E-state index contributed by atoms with van der Waals surface area (Å²) >= 11 is 0. The highest BCUT2D eigenvalue weighted by atomic mass is 28.3. The summed E-state index contributed by atoms with van der Waals surface area (Å²) in [5, 5.41) is 0.600. The summed E-state index contributed by atoms with van der Waals surface area (Å²) in [5.41, 5.74) is 4.31. The van der Waals surface area contributed by atoms with E-state index in [1.54, 1.807) is 19.1 Å². The molecule has 18 heavy (non-hydrogen) atoms. The van der Waals surface area contributed by atoms with Crippen molar-refractivity contribution in [3.63, 3.8) is 0 Å². The number of benzene rings is 1. The molecule has 1 heterocycles. The van der Waals surface area contributed by atoms with Crippen LogP contribution in [-0.2, 0) is 0 Å².